The number of thiophene rings is 1. The number of hydrogen-bond acceptors (Lipinski definition) is 4. The van der Waals surface area contributed by atoms with Crippen molar-refractivity contribution in [3.05, 3.63) is 89.9 Å². The normalized spacial score (nSPS) is 14.1. The van der Waals surface area contributed by atoms with Gasteiger partial charge in [0.1, 0.15) is 11.4 Å². The van der Waals surface area contributed by atoms with Crippen LogP contribution in [0.5, 0.6) is 0 Å². The minimum absolute atomic E-state index is 0.0295. The van der Waals surface area contributed by atoms with E-state index < -0.39 is 0 Å². The summed E-state index contributed by atoms with van der Waals surface area (Å²) in [6.45, 7) is 3.05. The summed E-state index contributed by atoms with van der Waals surface area (Å²) in [6, 6.07) is 26.2. The van der Waals surface area contributed by atoms with Gasteiger partial charge in [0.15, 0.2) is 0 Å². The highest BCUT2D eigenvalue weighted by molar-refractivity contribution is 7.13. The maximum Gasteiger partial charge on any atom is 0.272 e. The zero-order valence-corrected chi connectivity index (χ0v) is 17.3. The van der Waals surface area contributed by atoms with Crippen LogP contribution in [0.15, 0.2) is 84.2 Å². The van der Waals surface area contributed by atoms with Crippen molar-refractivity contribution in [3.63, 3.8) is 0 Å². The summed E-state index contributed by atoms with van der Waals surface area (Å²) in [6.07, 6.45) is 0. The summed E-state index contributed by atoms with van der Waals surface area (Å²) in [7, 11) is 0. The predicted molar refractivity (Wildman–Crippen MR) is 121 cm³/mol. The molecule has 5 nitrogen and oxygen atoms in total. The van der Waals surface area contributed by atoms with Gasteiger partial charge in [-0.1, -0.05) is 42.5 Å². The number of rotatable bonds is 4. The first-order valence-electron chi connectivity index (χ1n) is 10.1. The molecule has 1 aliphatic rings. The number of hydrogen-bond donors (Lipinski definition) is 0. The molecule has 0 bridgehead atoms. The molecule has 150 valence electrons. The molecule has 3 heterocycles. The van der Waals surface area contributed by atoms with E-state index in [1.54, 1.807) is 16.0 Å². The van der Waals surface area contributed by atoms with Gasteiger partial charge in [-0.3, -0.25) is 4.79 Å². The molecule has 1 fully saturated rings. The van der Waals surface area contributed by atoms with Gasteiger partial charge in [0, 0.05) is 31.9 Å². The van der Waals surface area contributed by atoms with Crippen LogP contribution < -0.4 is 4.90 Å². The maximum absolute atomic E-state index is 13.5. The Balaban J connectivity index is 1.41. The topological polar surface area (TPSA) is 41.4 Å². The first-order chi connectivity index (χ1) is 14.8. The Hall–Kier alpha value is -3.38. The van der Waals surface area contributed by atoms with Crippen molar-refractivity contribution >= 4 is 22.9 Å². The number of para-hydroxylation sites is 2. The molecule has 2 aromatic heterocycles. The number of benzene rings is 2. The van der Waals surface area contributed by atoms with Gasteiger partial charge in [-0.15, -0.1) is 11.3 Å². The minimum atomic E-state index is 0.0295. The number of anilines is 1. The number of amides is 1. The first-order valence-corrected chi connectivity index (χ1v) is 11.0. The van der Waals surface area contributed by atoms with Crippen molar-refractivity contribution in [1.82, 2.24) is 14.7 Å². The summed E-state index contributed by atoms with van der Waals surface area (Å²) in [5.74, 6) is 0.0295. The molecular formula is C24H22N4OS. The van der Waals surface area contributed by atoms with E-state index in [1.807, 2.05) is 64.9 Å². The summed E-state index contributed by atoms with van der Waals surface area (Å²) in [4.78, 5) is 18.8. The fourth-order valence-electron chi connectivity index (χ4n) is 3.81. The second-order valence-electron chi connectivity index (χ2n) is 7.25. The van der Waals surface area contributed by atoms with Crippen LogP contribution in [0.3, 0.4) is 0 Å². The molecule has 0 atom stereocenters. The Morgan fingerprint density at radius 2 is 1.47 bits per heavy atom. The molecule has 2 aromatic carbocycles. The van der Waals surface area contributed by atoms with Gasteiger partial charge in [0.2, 0.25) is 0 Å². The lowest BCUT2D eigenvalue weighted by Gasteiger charge is -2.36. The molecule has 0 spiro atoms. The Labute approximate surface area is 179 Å². The van der Waals surface area contributed by atoms with Gasteiger partial charge >= 0.3 is 0 Å². The molecule has 1 saturated heterocycles. The zero-order chi connectivity index (χ0) is 20.3. The van der Waals surface area contributed by atoms with E-state index in [9.17, 15) is 4.79 Å². The van der Waals surface area contributed by atoms with Crippen molar-refractivity contribution in [2.75, 3.05) is 31.1 Å². The van der Waals surface area contributed by atoms with Gasteiger partial charge in [-0.25, -0.2) is 4.68 Å². The van der Waals surface area contributed by atoms with E-state index >= 15 is 0 Å². The van der Waals surface area contributed by atoms with Crippen molar-refractivity contribution < 1.29 is 4.79 Å². The average molecular weight is 415 g/mol. The zero-order valence-electron chi connectivity index (χ0n) is 16.5. The van der Waals surface area contributed by atoms with Crippen molar-refractivity contribution in [2.45, 2.75) is 0 Å². The van der Waals surface area contributed by atoms with Crippen LogP contribution in [0.4, 0.5) is 5.69 Å². The summed E-state index contributed by atoms with van der Waals surface area (Å²) < 4.78 is 1.78. The lowest BCUT2D eigenvalue weighted by atomic mass is 10.2. The molecular weight excluding hydrogens is 392 g/mol. The highest BCUT2D eigenvalue weighted by atomic mass is 32.1. The van der Waals surface area contributed by atoms with Gasteiger partial charge in [-0.2, -0.15) is 5.10 Å². The fourth-order valence-corrected chi connectivity index (χ4v) is 4.49. The number of piperazine rings is 1. The number of carbonyl (C=O) groups is 1. The number of nitrogens with zero attached hydrogens (tertiary/aromatic N) is 4. The molecule has 4 aromatic rings. The monoisotopic (exact) mass is 414 g/mol. The first kappa shape index (κ1) is 18.6. The molecule has 30 heavy (non-hydrogen) atoms. The van der Waals surface area contributed by atoms with Crippen LogP contribution in [-0.2, 0) is 0 Å². The van der Waals surface area contributed by atoms with Crippen LogP contribution in [0.2, 0.25) is 0 Å². The number of aromatic nitrogens is 2. The maximum atomic E-state index is 13.5. The molecule has 6 heteroatoms. The fraction of sp³-hybridized carbons (Fsp3) is 0.167. The summed E-state index contributed by atoms with van der Waals surface area (Å²) in [5, 5.41) is 6.80. The lowest BCUT2D eigenvalue weighted by Crippen LogP contribution is -2.49. The quantitative estimate of drug-likeness (QED) is 0.491. The largest absolute Gasteiger partial charge is 0.368 e. The highest BCUT2D eigenvalue weighted by Crippen LogP contribution is 2.27. The average Bonchev–Trinajstić information content (AvgIpc) is 3.50. The smallest absolute Gasteiger partial charge is 0.272 e. The summed E-state index contributed by atoms with van der Waals surface area (Å²) >= 11 is 1.63. The van der Waals surface area contributed by atoms with E-state index in [1.165, 1.54) is 5.69 Å². The predicted octanol–water partition coefficient (Wildman–Crippen LogP) is 4.56. The van der Waals surface area contributed by atoms with Crippen molar-refractivity contribution in [3.8, 4) is 16.3 Å². The van der Waals surface area contributed by atoms with Gasteiger partial charge < -0.3 is 9.80 Å². The van der Waals surface area contributed by atoms with E-state index in [-0.39, 0.29) is 5.91 Å². The molecule has 0 aliphatic carbocycles. The van der Waals surface area contributed by atoms with Crippen LogP contribution in [-0.4, -0.2) is 46.8 Å². The molecule has 0 radical (unpaired) electrons. The molecule has 1 aliphatic heterocycles. The Morgan fingerprint density at radius 3 is 2.10 bits per heavy atom. The second-order valence-corrected chi connectivity index (χ2v) is 8.20. The third kappa shape index (κ3) is 3.62. The van der Waals surface area contributed by atoms with Gasteiger partial charge in [-0.05, 0) is 41.8 Å². The van der Waals surface area contributed by atoms with Crippen molar-refractivity contribution in [2.24, 2.45) is 0 Å². The Morgan fingerprint density at radius 1 is 0.800 bits per heavy atom. The standard InChI is InChI=1S/C24H22N4OS/c29-24(27-15-13-26(14-16-27)19-8-3-1-4-9-19)22-18-21(23-12-7-17-30-23)25-28(22)20-10-5-2-6-11-20/h1-12,17-18H,13-16H2. The Bertz CT molecular complexity index is 1110. The van der Waals surface area contributed by atoms with Crippen LogP contribution in [0.25, 0.3) is 16.3 Å². The molecule has 5 rings (SSSR count). The van der Waals surface area contributed by atoms with Crippen LogP contribution >= 0.6 is 11.3 Å². The SMILES string of the molecule is O=C(c1cc(-c2cccs2)nn1-c1ccccc1)N1CCN(c2ccccc2)CC1. The lowest BCUT2D eigenvalue weighted by molar-refractivity contribution is 0.0737. The van der Waals surface area contributed by atoms with Gasteiger partial charge in [0.05, 0.1) is 10.6 Å². The molecule has 0 saturated carbocycles. The third-order valence-corrected chi connectivity index (χ3v) is 6.28. The van der Waals surface area contributed by atoms with Crippen LogP contribution in [0.1, 0.15) is 10.5 Å². The van der Waals surface area contributed by atoms with Gasteiger partial charge in [0.25, 0.3) is 5.91 Å². The minimum Gasteiger partial charge on any atom is -0.368 e. The van der Waals surface area contributed by atoms with E-state index in [4.69, 9.17) is 5.10 Å². The van der Waals surface area contributed by atoms with Crippen LogP contribution in [0, 0.1) is 0 Å². The Kier molecular flexibility index (Phi) is 5.07. The number of carbonyl (C=O) groups excluding carboxylic acids is 1. The van der Waals surface area contributed by atoms with E-state index in [0.29, 0.717) is 18.8 Å². The molecule has 0 N–H and O–H groups in total. The van der Waals surface area contributed by atoms with E-state index in [0.717, 1.165) is 29.3 Å². The third-order valence-electron chi connectivity index (χ3n) is 5.39. The van der Waals surface area contributed by atoms with Crippen molar-refractivity contribution in [1.29, 1.82) is 0 Å². The molecule has 1 amide bonds. The summed E-state index contributed by atoms with van der Waals surface area (Å²) in [5.41, 5.74) is 3.54. The molecule has 0 unspecified atom stereocenters. The highest BCUT2D eigenvalue weighted by Gasteiger charge is 2.26. The van der Waals surface area contributed by atoms with E-state index in [2.05, 4.69) is 29.2 Å². The second kappa shape index (κ2) is 8.16.